The predicted molar refractivity (Wildman–Crippen MR) is 69.5 cm³/mol. The average molecular weight is 264 g/mol. The van der Waals surface area contributed by atoms with E-state index < -0.39 is 11.2 Å². The maximum atomic E-state index is 11.8. The van der Waals surface area contributed by atoms with Crippen LogP contribution in [0.3, 0.4) is 0 Å². The standard InChI is InChI=1S/C12H16N4O3/c1-6-10(17)13-12(19)16(11(6)18)5-9-7(2)14-15(4)8(9)3/h18H,5H2,1-4H3,(H,13,17,19). The first-order valence-electron chi connectivity index (χ1n) is 5.84. The Morgan fingerprint density at radius 1 is 1.26 bits per heavy atom. The summed E-state index contributed by atoms with van der Waals surface area (Å²) in [5.41, 5.74) is 1.47. The third-order valence-electron chi connectivity index (χ3n) is 3.37. The Balaban J connectivity index is 2.59. The minimum absolute atomic E-state index is 0.124. The molecule has 0 aliphatic rings. The first-order valence-corrected chi connectivity index (χ1v) is 5.84. The number of nitrogens with one attached hydrogen (secondary N) is 1. The molecule has 7 nitrogen and oxygen atoms in total. The molecule has 0 amide bonds. The molecule has 2 rings (SSSR count). The summed E-state index contributed by atoms with van der Waals surface area (Å²) >= 11 is 0. The Morgan fingerprint density at radius 3 is 2.42 bits per heavy atom. The number of aromatic nitrogens is 4. The van der Waals surface area contributed by atoms with Gasteiger partial charge < -0.3 is 5.11 Å². The normalized spacial score (nSPS) is 10.9. The molecule has 0 aromatic carbocycles. The van der Waals surface area contributed by atoms with E-state index in [2.05, 4.69) is 10.1 Å². The lowest BCUT2D eigenvalue weighted by atomic mass is 10.2. The molecule has 19 heavy (non-hydrogen) atoms. The molecule has 2 aromatic heterocycles. The second-order valence-electron chi connectivity index (χ2n) is 4.57. The Bertz CT molecular complexity index is 752. The zero-order valence-electron chi connectivity index (χ0n) is 11.3. The van der Waals surface area contributed by atoms with E-state index >= 15 is 0 Å². The van der Waals surface area contributed by atoms with Crippen LogP contribution >= 0.6 is 0 Å². The molecule has 0 saturated heterocycles. The van der Waals surface area contributed by atoms with Gasteiger partial charge in [0, 0.05) is 18.3 Å². The van der Waals surface area contributed by atoms with Crippen molar-refractivity contribution in [3.8, 4) is 5.88 Å². The van der Waals surface area contributed by atoms with E-state index in [4.69, 9.17) is 0 Å². The number of aromatic hydroxyl groups is 1. The Labute approximate surface area is 109 Å². The largest absolute Gasteiger partial charge is 0.494 e. The van der Waals surface area contributed by atoms with E-state index in [1.165, 1.54) is 6.92 Å². The summed E-state index contributed by atoms with van der Waals surface area (Å²) in [7, 11) is 1.81. The van der Waals surface area contributed by atoms with Crippen molar-refractivity contribution in [1.29, 1.82) is 0 Å². The van der Waals surface area contributed by atoms with E-state index in [1.54, 1.807) is 4.68 Å². The Hall–Kier alpha value is -2.31. The lowest BCUT2D eigenvalue weighted by molar-refractivity contribution is 0.404. The average Bonchev–Trinajstić information content (AvgIpc) is 2.57. The van der Waals surface area contributed by atoms with Crippen molar-refractivity contribution in [2.45, 2.75) is 27.3 Å². The zero-order chi connectivity index (χ0) is 14.3. The number of aromatic amines is 1. The highest BCUT2D eigenvalue weighted by Gasteiger charge is 2.15. The molecule has 2 N–H and O–H groups in total. The second-order valence-corrected chi connectivity index (χ2v) is 4.57. The van der Waals surface area contributed by atoms with E-state index in [0.29, 0.717) is 0 Å². The molecule has 0 radical (unpaired) electrons. The number of aryl methyl sites for hydroxylation is 2. The van der Waals surface area contributed by atoms with Gasteiger partial charge in [0.1, 0.15) is 0 Å². The molecule has 0 atom stereocenters. The summed E-state index contributed by atoms with van der Waals surface area (Å²) in [5.74, 6) is -0.309. The van der Waals surface area contributed by atoms with Crippen LogP contribution in [0, 0.1) is 20.8 Å². The van der Waals surface area contributed by atoms with Gasteiger partial charge in [0.05, 0.1) is 17.8 Å². The van der Waals surface area contributed by atoms with E-state index in [0.717, 1.165) is 21.5 Å². The number of H-pyrrole nitrogens is 1. The van der Waals surface area contributed by atoms with Gasteiger partial charge in [0.15, 0.2) is 0 Å². The smallest absolute Gasteiger partial charge is 0.331 e. The number of rotatable bonds is 2. The highest BCUT2D eigenvalue weighted by molar-refractivity contribution is 5.27. The molecule has 0 spiro atoms. The molecule has 0 fully saturated rings. The van der Waals surface area contributed by atoms with Gasteiger partial charge in [-0.3, -0.25) is 19.0 Å². The molecule has 0 aliphatic heterocycles. The maximum absolute atomic E-state index is 11.8. The van der Waals surface area contributed by atoms with Crippen molar-refractivity contribution in [2.75, 3.05) is 0 Å². The fraction of sp³-hybridized carbons (Fsp3) is 0.417. The Morgan fingerprint density at radius 2 is 1.89 bits per heavy atom. The topological polar surface area (TPSA) is 92.9 Å². The maximum Gasteiger partial charge on any atom is 0.331 e. The third-order valence-corrected chi connectivity index (χ3v) is 3.37. The van der Waals surface area contributed by atoms with Gasteiger partial charge in [-0.15, -0.1) is 0 Å². The minimum Gasteiger partial charge on any atom is -0.494 e. The fourth-order valence-electron chi connectivity index (χ4n) is 2.01. The van der Waals surface area contributed by atoms with Gasteiger partial charge in [0.2, 0.25) is 5.88 Å². The monoisotopic (exact) mass is 264 g/mol. The van der Waals surface area contributed by atoms with E-state index in [9.17, 15) is 14.7 Å². The number of nitrogens with zero attached hydrogens (tertiary/aromatic N) is 3. The number of hydrogen-bond acceptors (Lipinski definition) is 4. The number of hydrogen-bond donors (Lipinski definition) is 2. The first kappa shape index (κ1) is 13.1. The van der Waals surface area contributed by atoms with Crippen molar-refractivity contribution in [1.82, 2.24) is 19.3 Å². The molecular formula is C12H16N4O3. The molecule has 0 bridgehead atoms. The van der Waals surface area contributed by atoms with Gasteiger partial charge in [-0.05, 0) is 20.8 Å². The molecular weight excluding hydrogens is 248 g/mol. The summed E-state index contributed by atoms with van der Waals surface area (Å²) in [6.07, 6.45) is 0. The molecule has 0 saturated carbocycles. The van der Waals surface area contributed by atoms with Crippen LogP contribution in [-0.2, 0) is 13.6 Å². The van der Waals surface area contributed by atoms with Crippen molar-refractivity contribution in [3.05, 3.63) is 43.4 Å². The summed E-state index contributed by atoms with van der Waals surface area (Å²) < 4.78 is 2.85. The van der Waals surface area contributed by atoms with Crippen molar-refractivity contribution in [3.63, 3.8) is 0 Å². The van der Waals surface area contributed by atoms with Crippen LogP contribution in [0.2, 0.25) is 0 Å². The summed E-state index contributed by atoms with van der Waals surface area (Å²) in [6.45, 7) is 5.36. The third kappa shape index (κ3) is 2.07. The first-order chi connectivity index (χ1) is 8.82. The van der Waals surface area contributed by atoms with E-state index in [-0.39, 0.29) is 18.0 Å². The lowest BCUT2D eigenvalue weighted by Crippen LogP contribution is -2.31. The van der Waals surface area contributed by atoms with Crippen LogP contribution in [0.4, 0.5) is 0 Å². The van der Waals surface area contributed by atoms with Crippen LogP contribution in [0.5, 0.6) is 5.88 Å². The Kier molecular flexibility index (Phi) is 3.05. The molecule has 7 heteroatoms. The lowest BCUT2D eigenvalue weighted by Gasteiger charge is -2.09. The van der Waals surface area contributed by atoms with E-state index in [1.807, 2.05) is 20.9 Å². The molecule has 0 aliphatic carbocycles. The predicted octanol–water partition coefficient (Wildman–Crippen LogP) is -0.0507. The van der Waals surface area contributed by atoms with Crippen LogP contribution < -0.4 is 11.2 Å². The fourth-order valence-corrected chi connectivity index (χ4v) is 2.01. The second kappa shape index (κ2) is 4.42. The molecule has 2 heterocycles. The van der Waals surface area contributed by atoms with Crippen LogP contribution in [0.1, 0.15) is 22.5 Å². The molecule has 102 valence electrons. The molecule has 2 aromatic rings. The summed E-state index contributed by atoms with van der Waals surface area (Å²) in [6, 6.07) is 0. The highest BCUT2D eigenvalue weighted by Crippen LogP contribution is 2.16. The summed E-state index contributed by atoms with van der Waals surface area (Å²) in [4.78, 5) is 25.3. The van der Waals surface area contributed by atoms with Gasteiger partial charge in [-0.2, -0.15) is 5.10 Å². The highest BCUT2D eigenvalue weighted by atomic mass is 16.3. The summed E-state index contributed by atoms with van der Waals surface area (Å²) in [5, 5.41) is 14.2. The van der Waals surface area contributed by atoms with Gasteiger partial charge in [0.25, 0.3) is 5.56 Å². The van der Waals surface area contributed by atoms with Gasteiger partial charge in [-0.1, -0.05) is 0 Å². The molecule has 0 unspecified atom stereocenters. The minimum atomic E-state index is -0.629. The quantitative estimate of drug-likeness (QED) is 0.795. The van der Waals surface area contributed by atoms with Gasteiger partial charge >= 0.3 is 5.69 Å². The van der Waals surface area contributed by atoms with Crippen LogP contribution in [0.15, 0.2) is 9.59 Å². The van der Waals surface area contributed by atoms with Crippen molar-refractivity contribution < 1.29 is 5.11 Å². The SMILES string of the molecule is Cc1nn(C)c(C)c1Cn1c(O)c(C)c(=O)[nH]c1=O. The van der Waals surface area contributed by atoms with Crippen molar-refractivity contribution in [2.24, 2.45) is 7.05 Å². The van der Waals surface area contributed by atoms with Crippen LogP contribution in [-0.4, -0.2) is 24.4 Å². The zero-order valence-corrected chi connectivity index (χ0v) is 11.3. The van der Waals surface area contributed by atoms with Crippen molar-refractivity contribution >= 4 is 0 Å². The van der Waals surface area contributed by atoms with Crippen LogP contribution in [0.25, 0.3) is 0 Å². The van der Waals surface area contributed by atoms with Gasteiger partial charge in [-0.25, -0.2) is 4.79 Å².